The summed E-state index contributed by atoms with van der Waals surface area (Å²) in [5.74, 6) is -1.72. The van der Waals surface area contributed by atoms with E-state index < -0.39 is 11.9 Å². The maximum absolute atomic E-state index is 11.5. The van der Waals surface area contributed by atoms with Gasteiger partial charge < -0.3 is 20.2 Å². The normalized spacial score (nSPS) is 13.0. The van der Waals surface area contributed by atoms with Crippen LogP contribution >= 0.6 is 0 Å². The molecule has 5 rings (SSSR count). The quantitative estimate of drug-likeness (QED) is 0.205. The summed E-state index contributed by atoms with van der Waals surface area (Å²) in [5, 5.41) is 18.9. The number of H-pyrrole nitrogens is 2. The van der Waals surface area contributed by atoms with Gasteiger partial charge in [0.05, 0.1) is 22.8 Å². The number of aromatic nitrogens is 4. The number of aryl methyl sites for hydroxylation is 4. The van der Waals surface area contributed by atoms with Gasteiger partial charge in [-0.1, -0.05) is 13.8 Å². The first kappa shape index (κ1) is 32.0. The van der Waals surface area contributed by atoms with Crippen LogP contribution in [0.15, 0.2) is 24.3 Å². The number of hydrogen-bond acceptors (Lipinski definition) is 4. The molecular weight excluding hydrogens is 579 g/mol. The second kappa shape index (κ2) is 12.8. The fraction of sp³-hybridized carbons (Fsp3) is 0.353. The zero-order valence-electron chi connectivity index (χ0n) is 25.6. The summed E-state index contributed by atoms with van der Waals surface area (Å²) in [5.41, 5.74) is 15.4. The molecule has 43 heavy (non-hydrogen) atoms. The number of carbonyl (C=O) groups is 2. The van der Waals surface area contributed by atoms with Crippen LogP contribution in [0.25, 0.3) is 44.4 Å². The Morgan fingerprint density at radius 3 is 1.63 bits per heavy atom. The Hall–Kier alpha value is -3.88. The number of carboxylic acids is 2. The Morgan fingerprint density at radius 1 is 0.628 bits per heavy atom. The summed E-state index contributed by atoms with van der Waals surface area (Å²) >= 11 is 0. The number of allylic oxidation sites excluding steroid dienone is 4. The third-order valence-corrected chi connectivity index (χ3v) is 8.69. The first-order chi connectivity index (χ1) is 20.0. The number of aromatic amines is 2. The van der Waals surface area contributed by atoms with Gasteiger partial charge in [-0.25, -0.2) is 9.97 Å². The van der Waals surface area contributed by atoms with Gasteiger partial charge in [0.2, 0.25) is 0 Å². The van der Waals surface area contributed by atoms with Crippen LogP contribution in [0.2, 0.25) is 0 Å². The molecule has 8 nitrogen and oxygen atoms in total. The summed E-state index contributed by atoms with van der Waals surface area (Å²) < 4.78 is 0. The van der Waals surface area contributed by atoms with Crippen LogP contribution < -0.4 is 0 Å². The van der Waals surface area contributed by atoms with Crippen LogP contribution in [-0.4, -0.2) is 42.1 Å². The molecule has 0 aromatic carbocycles. The van der Waals surface area contributed by atoms with Crippen LogP contribution in [-0.2, 0) is 41.0 Å². The van der Waals surface area contributed by atoms with Crippen molar-refractivity contribution in [1.29, 1.82) is 0 Å². The minimum absolute atomic E-state index is 0. The first-order valence-corrected chi connectivity index (χ1v) is 14.6. The van der Waals surface area contributed by atoms with Crippen LogP contribution in [0, 0.1) is 13.8 Å². The summed E-state index contributed by atoms with van der Waals surface area (Å²) in [6.45, 7) is 12.5. The predicted molar refractivity (Wildman–Crippen MR) is 168 cm³/mol. The van der Waals surface area contributed by atoms with Crippen molar-refractivity contribution >= 4 is 56.3 Å². The summed E-state index contributed by atoms with van der Waals surface area (Å²) in [4.78, 5) is 40.3. The van der Waals surface area contributed by atoms with E-state index in [2.05, 4.69) is 49.8 Å². The maximum atomic E-state index is 11.5. The molecule has 223 valence electrons. The molecule has 9 heteroatoms. The van der Waals surface area contributed by atoms with Crippen LogP contribution in [0.1, 0.15) is 98.4 Å². The molecule has 3 aromatic heterocycles. The largest absolute Gasteiger partial charge is 0.481 e. The third kappa shape index (κ3) is 6.13. The molecule has 4 N–H and O–H groups in total. The molecule has 2 aliphatic heterocycles. The van der Waals surface area contributed by atoms with Crippen molar-refractivity contribution in [3.63, 3.8) is 0 Å². The van der Waals surface area contributed by atoms with Gasteiger partial charge in [0, 0.05) is 53.5 Å². The Morgan fingerprint density at radius 2 is 1.07 bits per heavy atom. The average Bonchev–Trinajstić information content (AvgIpc) is 3.59. The van der Waals surface area contributed by atoms with Gasteiger partial charge in [-0.2, -0.15) is 0 Å². The molecule has 0 spiro atoms. The van der Waals surface area contributed by atoms with Crippen molar-refractivity contribution in [2.75, 3.05) is 0 Å². The van der Waals surface area contributed by atoms with Crippen LogP contribution in [0.5, 0.6) is 0 Å². The van der Waals surface area contributed by atoms with Crippen molar-refractivity contribution in [3.05, 3.63) is 69.3 Å². The number of rotatable bonds is 8. The standard InChI is InChI=1S/C34H38N4O4.V/c1-7-21-17(3)25-13-26-19(5)23(9-11-33(39)40)31(37-26)16-32-24(10-12-34(41)42)20(6)28(38-32)15-30-22(8-2)18(4)27(36-30)14-29(21)35-25;/h13-16,35,38H,7-12H2,1-6H3,(H,39,40)(H,41,42);. The molecule has 0 amide bonds. The Bertz CT molecular complexity index is 1860. The fourth-order valence-electron chi connectivity index (χ4n) is 6.22. The molecule has 0 fully saturated rings. The van der Waals surface area contributed by atoms with E-state index in [-0.39, 0.29) is 31.4 Å². The van der Waals surface area contributed by atoms with E-state index in [4.69, 9.17) is 9.97 Å². The van der Waals surface area contributed by atoms with Gasteiger partial charge in [-0.05, 0) is 122 Å². The Balaban J connectivity index is 0.00000423. The SMILES string of the molecule is CCC1=C(C)c2cc3[nH]c(cc4nc(cc5[nH]c(cc1n2)c(C)c5CCC(=O)O)C(CCC(=O)O)=C4C)c(C)c3CC.[V]. The van der Waals surface area contributed by atoms with Gasteiger partial charge in [0.15, 0.2) is 0 Å². The summed E-state index contributed by atoms with van der Waals surface area (Å²) in [6, 6.07) is 8.19. The van der Waals surface area contributed by atoms with E-state index in [0.717, 1.165) is 85.4 Å². The topological polar surface area (TPSA) is 132 Å². The second-order valence-electron chi connectivity index (χ2n) is 11.2. The van der Waals surface area contributed by atoms with E-state index in [1.54, 1.807) is 0 Å². The summed E-state index contributed by atoms with van der Waals surface area (Å²) in [6.07, 6.45) is 2.39. The molecule has 0 saturated carbocycles. The number of fused-ring (bicyclic) bond motifs is 8. The second-order valence-corrected chi connectivity index (χ2v) is 11.2. The van der Waals surface area contributed by atoms with Crippen LogP contribution in [0.4, 0.5) is 0 Å². The van der Waals surface area contributed by atoms with Crippen LogP contribution in [0.3, 0.4) is 0 Å². The zero-order valence-corrected chi connectivity index (χ0v) is 27.0. The van der Waals surface area contributed by atoms with E-state index in [1.165, 1.54) is 11.1 Å². The van der Waals surface area contributed by atoms with E-state index in [9.17, 15) is 19.8 Å². The molecule has 0 unspecified atom stereocenters. The molecule has 3 aromatic rings. The van der Waals surface area contributed by atoms with E-state index in [0.29, 0.717) is 18.5 Å². The zero-order chi connectivity index (χ0) is 30.3. The molecule has 1 radical (unpaired) electrons. The summed E-state index contributed by atoms with van der Waals surface area (Å²) in [7, 11) is 0. The van der Waals surface area contributed by atoms with Crippen molar-refractivity contribution in [2.45, 2.75) is 80.1 Å². The van der Waals surface area contributed by atoms with Gasteiger partial charge in [0.1, 0.15) is 0 Å². The van der Waals surface area contributed by atoms with E-state index in [1.807, 2.05) is 26.0 Å². The van der Waals surface area contributed by atoms with Gasteiger partial charge >= 0.3 is 11.9 Å². The molecule has 0 saturated heterocycles. The van der Waals surface area contributed by atoms with Crippen molar-refractivity contribution in [1.82, 2.24) is 19.9 Å². The molecular formula is C34H38N4O4V. The van der Waals surface area contributed by atoms with Crippen molar-refractivity contribution in [3.8, 4) is 0 Å². The van der Waals surface area contributed by atoms with Crippen molar-refractivity contribution < 1.29 is 38.4 Å². The smallest absolute Gasteiger partial charge is 0.303 e. The number of carboxylic acid groups (broad SMARTS) is 2. The molecule has 0 atom stereocenters. The fourth-order valence-corrected chi connectivity index (χ4v) is 6.22. The molecule has 8 bridgehead atoms. The predicted octanol–water partition coefficient (Wildman–Crippen LogP) is 7.64. The maximum Gasteiger partial charge on any atom is 0.303 e. The van der Waals surface area contributed by atoms with Gasteiger partial charge in [-0.15, -0.1) is 0 Å². The van der Waals surface area contributed by atoms with E-state index >= 15 is 0 Å². The monoisotopic (exact) mass is 617 g/mol. The minimum Gasteiger partial charge on any atom is -0.481 e. The molecule has 5 heterocycles. The molecule has 2 aliphatic rings. The first-order valence-electron chi connectivity index (χ1n) is 14.6. The number of aliphatic carboxylic acids is 2. The Kier molecular flexibility index (Phi) is 9.52. The van der Waals surface area contributed by atoms with Gasteiger partial charge in [-0.3, -0.25) is 9.59 Å². The number of nitrogens with one attached hydrogen (secondary N) is 2. The number of nitrogens with zero attached hydrogens (tertiary/aromatic N) is 2. The average molecular weight is 618 g/mol. The Labute approximate surface area is 263 Å². The third-order valence-electron chi connectivity index (χ3n) is 8.69. The minimum atomic E-state index is -0.864. The number of hydrogen-bond donors (Lipinski definition) is 4. The van der Waals surface area contributed by atoms with Gasteiger partial charge in [0.25, 0.3) is 0 Å². The molecule has 0 aliphatic carbocycles. The van der Waals surface area contributed by atoms with Crippen molar-refractivity contribution in [2.24, 2.45) is 0 Å².